The summed E-state index contributed by atoms with van der Waals surface area (Å²) in [5, 5.41) is 11.1. The molecule has 1 amide bonds. The van der Waals surface area contributed by atoms with Crippen molar-refractivity contribution in [1.82, 2.24) is 24.9 Å². The Morgan fingerprint density at radius 1 is 1.47 bits per heavy atom. The Hall–Kier alpha value is -2.31. The van der Waals surface area contributed by atoms with Crippen LogP contribution in [0, 0.1) is 0 Å². The van der Waals surface area contributed by atoms with Crippen LogP contribution in [0.25, 0.3) is 0 Å². The summed E-state index contributed by atoms with van der Waals surface area (Å²) < 4.78 is 3.22. The molecule has 0 aliphatic rings. The van der Waals surface area contributed by atoms with Crippen molar-refractivity contribution in [3.63, 3.8) is 0 Å². The van der Waals surface area contributed by atoms with Crippen LogP contribution in [0.4, 0.5) is 5.82 Å². The second kappa shape index (κ2) is 5.13. The van der Waals surface area contributed by atoms with Gasteiger partial charge in [0, 0.05) is 32.4 Å². The number of amides is 1. The zero-order valence-corrected chi connectivity index (χ0v) is 11.3. The Bertz CT molecular complexity index is 597. The highest BCUT2D eigenvalue weighted by atomic mass is 16.1. The number of carbonyl (C=O) groups is 1. The summed E-state index contributed by atoms with van der Waals surface area (Å²) in [6, 6.07) is 0. The Balaban J connectivity index is 2.07. The average Bonchev–Trinajstić information content (AvgIpc) is 2.92. The molecule has 19 heavy (non-hydrogen) atoms. The highest BCUT2D eigenvalue weighted by Crippen LogP contribution is 2.10. The Kier molecular flexibility index (Phi) is 3.55. The quantitative estimate of drug-likeness (QED) is 0.825. The second-order valence-electron chi connectivity index (χ2n) is 4.38. The first kappa shape index (κ1) is 13.1. The van der Waals surface area contributed by atoms with Gasteiger partial charge in [-0.25, -0.2) is 0 Å². The van der Waals surface area contributed by atoms with Crippen molar-refractivity contribution < 1.29 is 4.79 Å². The van der Waals surface area contributed by atoms with Crippen LogP contribution >= 0.6 is 0 Å². The second-order valence-corrected chi connectivity index (χ2v) is 4.38. The first-order valence-electron chi connectivity index (χ1n) is 6.10. The van der Waals surface area contributed by atoms with Gasteiger partial charge in [0.25, 0.3) is 5.91 Å². The molecule has 2 rings (SSSR count). The Morgan fingerprint density at radius 3 is 2.79 bits per heavy atom. The maximum Gasteiger partial charge on any atom is 0.255 e. The molecule has 0 radical (unpaired) electrons. The van der Waals surface area contributed by atoms with Crippen LogP contribution in [-0.4, -0.2) is 25.5 Å². The molecule has 0 atom stereocenters. The number of hydrogen-bond donors (Lipinski definition) is 2. The van der Waals surface area contributed by atoms with Gasteiger partial charge in [0.05, 0.1) is 17.5 Å². The molecule has 0 aromatic carbocycles. The molecule has 2 aromatic heterocycles. The molecule has 0 unspecified atom stereocenters. The molecule has 7 nitrogen and oxygen atoms in total. The number of nitrogen functional groups attached to an aromatic ring is 1. The molecule has 2 heterocycles. The molecule has 0 bridgehead atoms. The molecule has 3 N–H and O–H groups in total. The molecule has 0 spiro atoms. The number of aromatic nitrogens is 4. The van der Waals surface area contributed by atoms with Gasteiger partial charge in [0.1, 0.15) is 5.82 Å². The van der Waals surface area contributed by atoms with Crippen LogP contribution in [0.2, 0.25) is 0 Å². The number of hydrogen-bond acceptors (Lipinski definition) is 4. The Labute approximate surface area is 111 Å². The lowest BCUT2D eigenvalue weighted by molar-refractivity contribution is 0.0950. The van der Waals surface area contributed by atoms with Crippen molar-refractivity contribution in [3.05, 3.63) is 29.2 Å². The van der Waals surface area contributed by atoms with Gasteiger partial charge in [-0.15, -0.1) is 0 Å². The molecule has 2 aromatic rings. The predicted octanol–water partition coefficient (Wildman–Crippen LogP) is 0.228. The SMILES string of the molecule is CCc1nn(C)cc1C(=O)NCc1cnn(C)c1N. The van der Waals surface area contributed by atoms with Crippen LogP contribution in [-0.2, 0) is 27.1 Å². The molecule has 0 aliphatic carbocycles. The van der Waals surface area contributed by atoms with Crippen molar-refractivity contribution in [2.45, 2.75) is 19.9 Å². The molecule has 102 valence electrons. The van der Waals surface area contributed by atoms with Crippen molar-refractivity contribution in [2.24, 2.45) is 14.1 Å². The maximum atomic E-state index is 12.1. The van der Waals surface area contributed by atoms with Crippen LogP contribution in [0.15, 0.2) is 12.4 Å². The third kappa shape index (κ3) is 2.59. The smallest absolute Gasteiger partial charge is 0.255 e. The fourth-order valence-corrected chi connectivity index (χ4v) is 1.88. The van der Waals surface area contributed by atoms with E-state index < -0.39 is 0 Å². The zero-order chi connectivity index (χ0) is 14.0. The number of carbonyl (C=O) groups excluding carboxylic acids is 1. The molecule has 0 saturated carbocycles. The lowest BCUT2D eigenvalue weighted by Gasteiger charge is -2.04. The van der Waals surface area contributed by atoms with Crippen molar-refractivity contribution in [2.75, 3.05) is 5.73 Å². The summed E-state index contributed by atoms with van der Waals surface area (Å²) >= 11 is 0. The number of aryl methyl sites for hydroxylation is 3. The van der Waals surface area contributed by atoms with Crippen LogP contribution < -0.4 is 11.1 Å². The van der Waals surface area contributed by atoms with E-state index in [1.54, 1.807) is 35.9 Å². The summed E-state index contributed by atoms with van der Waals surface area (Å²) in [5.41, 5.74) is 8.02. The highest BCUT2D eigenvalue weighted by Gasteiger charge is 2.14. The summed E-state index contributed by atoms with van der Waals surface area (Å²) in [6.07, 6.45) is 4.10. The van der Waals surface area contributed by atoms with E-state index in [1.165, 1.54) is 0 Å². The average molecular weight is 262 g/mol. The van der Waals surface area contributed by atoms with E-state index in [0.717, 1.165) is 17.7 Å². The van der Waals surface area contributed by atoms with E-state index in [-0.39, 0.29) is 5.91 Å². The fraction of sp³-hybridized carbons (Fsp3) is 0.417. The van der Waals surface area contributed by atoms with E-state index in [4.69, 9.17) is 5.73 Å². The molecule has 7 heteroatoms. The van der Waals surface area contributed by atoms with Crippen LogP contribution in [0.1, 0.15) is 28.5 Å². The third-order valence-electron chi connectivity index (χ3n) is 2.99. The third-order valence-corrected chi connectivity index (χ3v) is 2.99. The number of nitrogens with zero attached hydrogens (tertiary/aromatic N) is 4. The van der Waals surface area contributed by atoms with Gasteiger partial charge in [0.15, 0.2) is 0 Å². The predicted molar refractivity (Wildman–Crippen MR) is 71.4 cm³/mol. The zero-order valence-electron chi connectivity index (χ0n) is 11.3. The lowest BCUT2D eigenvalue weighted by Crippen LogP contribution is -2.23. The van der Waals surface area contributed by atoms with Crippen LogP contribution in [0.5, 0.6) is 0 Å². The number of nitrogens with two attached hydrogens (primary N) is 1. The minimum absolute atomic E-state index is 0.145. The van der Waals surface area contributed by atoms with E-state index in [2.05, 4.69) is 15.5 Å². The van der Waals surface area contributed by atoms with Gasteiger partial charge in [-0.3, -0.25) is 14.2 Å². The molecule has 0 fully saturated rings. The first-order valence-corrected chi connectivity index (χ1v) is 6.10. The van der Waals surface area contributed by atoms with Crippen molar-refractivity contribution in [1.29, 1.82) is 0 Å². The Morgan fingerprint density at radius 2 is 2.21 bits per heavy atom. The van der Waals surface area contributed by atoms with Gasteiger partial charge in [0.2, 0.25) is 0 Å². The van der Waals surface area contributed by atoms with Gasteiger partial charge in [-0.1, -0.05) is 6.92 Å². The first-order chi connectivity index (χ1) is 9.02. The van der Waals surface area contributed by atoms with Gasteiger partial charge in [-0.2, -0.15) is 10.2 Å². The summed E-state index contributed by atoms with van der Waals surface area (Å²) in [7, 11) is 3.56. The topological polar surface area (TPSA) is 90.8 Å². The van der Waals surface area contributed by atoms with E-state index >= 15 is 0 Å². The molecular weight excluding hydrogens is 244 g/mol. The standard InChI is InChI=1S/C12H18N6O/c1-4-10-9(7-17(2)16-10)12(19)14-5-8-6-15-18(3)11(8)13/h6-7H,4-5,13H2,1-3H3,(H,14,19). The van der Waals surface area contributed by atoms with E-state index in [1.807, 2.05) is 6.92 Å². The van der Waals surface area contributed by atoms with Crippen molar-refractivity contribution in [3.8, 4) is 0 Å². The summed E-state index contributed by atoms with van der Waals surface area (Å²) in [5.74, 6) is 0.412. The summed E-state index contributed by atoms with van der Waals surface area (Å²) in [6.45, 7) is 2.33. The number of nitrogens with one attached hydrogen (secondary N) is 1. The van der Waals surface area contributed by atoms with Gasteiger partial charge >= 0.3 is 0 Å². The normalized spacial score (nSPS) is 10.7. The monoisotopic (exact) mass is 262 g/mol. The lowest BCUT2D eigenvalue weighted by atomic mass is 10.2. The fourth-order valence-electron chi connectivity index (χ4n) is 1.88. The number of anilines is 1. The molecular formula is C12H18N6O. The van der Waals surface area contributed by atoms with Gasteiger partial charge < -0.3 is 11.1 Å². The minimum atomic E-state index is -0.145. The van der Waals surface area contributed by atoms with Crippen LogP contribution in [0.3, 0.4) is 0 Å². The maximum absolute atomic E-state index is 12.1. The van der Waals surface area contributed by atoms with E-state index in [9.17, 15) is 4.79 Å². The summed E-state index contributed by atoms with van der Waals surface area (Å²) in [4.78, 5) is 12.1. The largest absolute Gasteiger partial charge is 0.384 e. The van der Waals surface area contributed by atoms with Gasteiger partial charge in [-0.05, 0) is 6.42 Å². The minimum Gasteiger partial charge on any atom is -0.384 e. The molecule has 0 aliphatic heterocycles. The molecule has 0 saturated heterocycles. The highest BCUT2D eigenvalue weighted by molar-refractivity contribution is 5.95. The number of rotatable bonds is 4. The van der Waals surface area contributed by atoms with Crippen molar-refractivity contribution >= 4 is 11.7 Å². The van der Waals surface area contributed by atoms with E-state index in [0.29, 0.717) is 17.9 Å².